The lowest BCUT2D eigenvalue weighted by Gasteiger charge is -2.33. The first-order valence-electron chi connectivity index (χ1n) is 6.24. The first-order chi connectivity index (χ1) is 10.2. The van der Waals surface area contributed by atoms with Gasteiger partial charge in [-0.3, -0.25) is 0 Å². The molecule has 0 N–H and O–H groups in total. The summed E-state index contributed by atoms with van der Waals surface area (Å²) in [5, 5.41) is 1.30. The first kappa shape index (κ1) is 14.0. The third-order valence-corrected chi connectivity index (χ3v) is 4.04. The number of carbonyl (C=O) groups excluding carboxylic acids is 1. The summed E-state index contributed by atoms with van der Waals surface area (Å²) < 4.78 is 5.14. The Bertz CT molecular complexity index is 674. The van der Waals surface area contributed by atoms with Crippen LogP contribution >= 0.6 is 23.4 Å². The van der Waals surface area contributed by atoms with Gasteiger partial charge in [0.2, 0.25) is 0 Å². The number of anilines is 1. The van der Waals surface area contributed by atoms with Crippen LogP contribution in [0.2, 0.25) is 5.02 Å². The molecule has 2 aromatic carbocycles. The monoisotopic (exact) mass is 318 g/mol. The maximum Gasteiger partial charge on any atom is 0.441 e. The molecule has 0 radical (unpaired) electrons. The number of ether oxygens (including phenoxy) is 1. The van der Waals surface area contributed by atoms with Crippen LogP contribution in [-0.4, -0.2) is 17.1 Å². The van der Waals surface area contributed by atoms with Crippen molar-refractivity contribution in [3.63, 3.8) is 0 Å². The van der Waals surface area contributed by atoms with Crippen molar-refractivity contribution in [2.75, 3.05) is 10.8 Å². The predicted molar refractivity (Wildman–Crippen MR) is 86.3 cm³/mol. The van der Waals surface area contributed by atoms with E-state index in [1.807, 2.05) is 23.1 Å². The van der Waals surface area contributed by atoms with Crippen molar-refractivity contribution in [3.05, 3.63) is 59.6 Å². The van der Waals surface area contributed by atoms with Gasteiger partial charge < -0.3 is 9.64 Å². The van der Waals surface area contributed by atoms with Crippen LogP contribution in [0.15, 0.2) is 59.6 Å². The summed E-state index contributed by atoms with van der Waals surface area (Å²) in [7, 11) is 0. The van der Waals surface area contributed by atoms with E-state index in [-0.39, 0.29) is 0 Å². The van der Waals surface area contributed by atoms with Crippen LogP contribution in [0.25, 0.3) is 0 Å². The Morgan fingerprint density at radius 3 is 2.48 bits per heavy atom. The van der Waals surface area contributed by atoms with Gasteiger partial charge in [-0.2, -0.15) is 4.99 Å². The largest absolute Gasteiger partial charge is 0.441 e. The van der Waals surface area contributed by atoms with E-state index in [1.165, 1.54) is 11.8 Å². The van der Waals surface area contributed by atoms with Crippen molar-refractivity contribution in [2.24, 2.45) is 4.99 Å². The van der Waals surface area contributed by atoms with Crippen molar-refractivity contribution in [2.45, 2.75) is 0 Å². The number of halogens is 1. The first-order valence-corrected chi connectivity index (χ1v) is 7.60. The second-order valence-corrected chi connectivity index (χ2v) is 5.60. The second kappa shape index (κ2) is 6.20. The highest BCUT2D eigenvalue weighted by Gasteiger charge is 2.26. The number of amides is 1. The Hall–Kier alpha value is -1.98. The van der Waals surface area contributed by atoms with E-state index in [0.29, 0.717) is 15.9 Å². The normalized spacial score (nSPS) is 15.7. The highest BCUT2D eigenvalue weighted by molar-refractivity contribution is 8.16. The Balaban J connectivity index is 1.69. The molecule has 0 bridgehead atoms. The molecule has 0 unspecified atom stereocenters. The SMILES string of the molecule is O=C(/N=C1\SCN1c1ccc(Cl)cc1)Oc1ccccc1. The molecular weight excluding hydrogens is 308 g/mol. The lowest BCUT2D eigenvalue weighted by molar-refractivity contribution is 0.211. The van der Waals surface area contributed by atoms with Gasteiger partial charge in [-0.05, 0) is 36.4 Å². The van der Waals surface area contributed by atoms with Crippen LogP contribution in [0.4, 0.5) is 10.5 Å². The van der Waals surface area contributed by atoms with Gasteiger partial charge >= 0.3 is 6.09 Å². The average Bonchev–Trinajstić information content (AvgIpc) is 2.47. The fourth-order valence-electron chi connectivity index (χ4n) is 1.78. The van der Waals surface area contributed by atoms with Crippen LogP contribution in [0.5, 0.6) is 5.75 Å². The summed E-state index contributed by atoms with van der Waals surface area (Å²) >= 11 is 7.35. The number of hydrogen-bond acceptors (Lipinski definition) is 3. The third-order valence-electron chi connectivity index (χ3n) is 2.83. The Morgan fingerprint density at radius 2 is 1.86 bits per heavy atom. The maximum absolute atomic E-state index is 11.8. The van der Waals surface area contributed by atoms with Crippen LogP contribution in [0, 0.1) is 0 Å². The van der Waals surface area contributed by atoms with E-state index < -0.39 is 6.09 Å². The minimum atomic E-state index is -0.623. The van der Waals surface area contributed by atoms with Crippen molar-refractivity contribution >= 4 is 40.3 Å². The highest BCUT2D eigenvalue weighted by atomic mass is 35.5. The molecule has 1 saturated heterocycles. The number of benzene rings is 2. The number of carbonyl (C=O) groups is 1. The Labute approximate surface area is 131 Å². The number of amidine groups is 1. The molecule has 21 heavy (non-hydrogen) atoms. The van der Waals surface area contributed by atoms with Crippen LogP contribution in [0.3, 0.4) is 0 Å². The summed E-state index contributed by atoms with van der Waals surface area (Å²) in [5.74, 6) is 1.23. The van der Waals surface area contributed by atoms with Crippen molar-refractivity contribution < 1.29 is 9.53 Å². The summed E-state index contributed by atoms with van der Waals surface area (Å²) in [5.41, 5.74) is 0.949. The van der Waals surface area contributed by atoms with Gasteiger partial charge in [-0.15, -0.1) is 0 Å². The number of para-hydroxylation sites is 1. The number of rotatable bonds is 2. The van der Waals surface area contributed by atoms with E-state index in [9.17, 15) is 4.79 Å². The smallest absolute Gasteiger partial charge is 0.409 e. The number of thioether (sulfide) groups is 1. The zero-order chi connectivity index (χ0) is 14.7. The molecule has 0 aromatic heterocycles. The van der Waals surface area contributed by atoms with E-state index in [2.05, 4.69) is 4.99 Å². The van der Waals surface area contributed by atoms with Crippen molar-refractivity contribution in [1.29, 1.82) is 0 Å². The van der Waals surface area contributed by atoms with Crippen molar-refractivity contribution in [3.8, 4) is 5.75 Å². The quantitative estimate of drug-likeness (QED) is 0.822. The number of nitrogens with zero attached hydrogens (tertiary/aromatic N) is 2. The topological polar surface area (TPSA) is 41.9 Å². The summed E-state index contributed by atoms with van der Waals surface area (Å²) in [6, 6.07) is 16.3. The van der Waals surface area contributed by atoms with Gasteiger partial charge in [-0.25, -0.2) is 4.79 Å². The minimum Gasteiger partial charge on any atom is -0.409 e. The Morgan fingerprint density at radius 1 is 1.14 bits per heavy atom. The molecule has 6 heteroatoms. The van der Waals surface area contributed by atoms with Gasteiger partial charge in [0.05, 0.1) is 5.88 Å². The summed E-state index contributed by atoms with van der Waals surface area (Å²) in [4.78, 5) is 17.7. The summed E-state index contributed by atoms with van der Waals surface area (Å²) in [6.45, 7) is 0. The highest BCUT2D eigenvalue weighted by Crippen LogP contribution is 2.31. The van der Waals surface area contributed by atoms with E-state index in [1.54, 1.807) is 36.4 Å². The van der Waals surface area contributed by atoms with Gasteiger partial charge in [0.25, 0.3) is 0 Å². The molecule has 1 amide bonds. The van der Waals surface area contributed by atoms with Gasteiger partial charge in [0, 0.05) is 10.7 Å². The standard InChI is InChI=1S/C15H11ClN2O2S/c16-11-6-8-12(9-7-11)18-10-21-14(18)17-15(19)20-13-4-2-1-3-5-13/h1-9H,10H2/b17-14-. The molecule has 0 aliphatic carbocycles. The average molecular weight is 319 g/mol. The van der Waals surface area contributed by atoms with E-state index in [4.69, 9.17) is 16.3 Å². The molecule has 1 aliphatic heterocycles. The number of aliphatic imine (C=N–C) groups is 1. The number of hydrogen-bond donors (Lipinski definition) is 0. The second-order valence-electron chi connectivity index (χ2n) is 4.25. The molecular formula is C15H11ClN2O2S. The molecule has 1 aliphatic rings. The lowest BCUT2D eigenvalue weighted by Crippen LogP contribution is -2.39. The fraction of sp³-hybridized carbons (Fsp3) is 0.0667. The molecule has 0 atom stereocenters. The molecule has 0 spiro atoms. The van der Waals surface area contributed by atoms with Gasteiger partial charge in [-0.1, -0.05) is 41.6 Å². The lowest BCUT2D eigenvalue weighted by atomic mass is 10.3. The fourth-order valence-corrected chi connectivity index (χ4v) is 2.67. The third kappa shape index (κ3) is 3.37. The van der Waals surface area contributed by atoms with Crippen LogP contribution in [0.1, 0.15) is 0 Å². The zero-order valence-corrected chi connectivity index (χ0v) is 12.5. The minimum absolute atomic E-state index is 0.481. The molecule has 1 fully saturated rings. The predicted octanol–water partition coefficient (Wildman–Crippen LogP) is 4.41. The summed E-state index contributed by atoms with van der Waals surface area (Å²) in [6.07, 6.45) is -0.623. The maximum atomic E-state index is 11.8. The van der Waals surface area contributed by atoms with Crippen LogP contribution in [-0.2, 0) is 0 Å². The zero-order valence-electron chi connectivity index (χ0n) is 10.9. The molecule has 1 heterocycles. The van der Waals surface area contributed by atoms with Gasteiger partial charge in [0.15, 0.2) is 5.17 Å². The van der Waals surface area contributed by atoms with E-state index >= 15 is 0 Å². The van der Waals surface area contributed by atoms with Crippen LogP contribution < -0.4 is 9.64 Å². The molecule has 2 aromatic rings. The Kier molecular flexibility index (Phi) is 4.13. The molecule has 0 saturated carbocycles. The molecule has 4 nitrogen and oxygen atoms in total. The van der Waals surface area contributed by atoms with Crippen molar-refractivity contribution in [1.82, 2.24) is 0 Å². The van der Waals surface area contributed by atoms with E-state index in [0.717, 1.165) is 11.6 Å². The molecule has 106 valence electrons. The van der Waals surface area contributed by atoms with Gasteiger partial charge in [0.1, 0.15) is 5.75 Å². The molecule has 3 rings (SSSR count).